The SMILES string of the molecule is COc1ccc(CNC(=O)COC(=O)c2cc3c(s2)CCCCC3)cc1. The molecule has 0 fully saturated rings. The van der Waals surface area contributed by atoms with Crippen LogP contribution in [0.15, 0.2) is 30.3 Å². The molecule has 6 heteroatoms. The average Bonchev–Trinajstić information content (AvgIpc) is 2.95. The Bertz CT molecular complexity index is 743. The summed E-state index contributed by atoms with van der Waals surface area (Å²) in [4.78, 5) is 26.0. The highest BCUT2D eigenvalue weighted by Gasteiger charge is 2.18. The third kappa shape index (κ3) is 4.85. The number of methoxy groups -OCH3 is 1. The van der Waals surface area contributed by atoms with E-state index < -0.39 is 5.97 Å². The van der Waals surface area contributed by atoms with Crippen molar-refractivity contribution in [2.75, 3.05) is 13.7 Å². The molecule has 1 aliphatic rings. The van der Waals surface area contributed by atoms with E-state index in [1.54, 1.807) is 7.11 Å². The topological polar surface area (TPSA) is 64.6 Å². The predicted molar refractivity (Wildman–Crippen MR) is 101 cm³/mol. The summed E-state index contributed by atoms with van der Waals surface area (Å²) < 4.78 is 10.3. The van der Waals surface area contributed by atoms with E-state index in [4.69, 9.17) is 9.47 Å². The lowest BCUT2D eigenvalue weighted by molar-refractivity contribution is -0.124. The number of hydrogen-bond donors (Lipinski definition) is 1. The lowest BCUT2D eigenvalue weighted by atomic mass is 10.1. The first-order chi connectivity index (χ1) is 12.7. The summed E-state index contributed by atoms with van der Waals surface area (Å²) in [5, 5.41) is 2.75. The highest BCUT2D eigenvalue weighted by molar-refractivity contribution is 7.14. The van der Waals surface area contributed by atoms with Gasteiger partial charge in [-0.2, -0.15) is 0 Å². The number of nitrogens with one attached hydrogen (secondary N) is 1. The number of rotatable bonds is 6. The summed E-state index contributed by atoms with van der Waals surface area (Å²) >= 11 is 1.50. The summed E-state index contributed by atoms with van der Waals surface area (Å²) in [6.45, 7) is 0.116. The lowest BCUT2D eigenvalue weighted by Gasteiger charge is -2.07. The molecule has 138 valence electrons. The molecule has 0 saturated heterocycles. The smallest absolute Gasteiger partial charge is 0.348 e. The minimum atomic E-state index is -0.414. The zero-order chi connectivity index (χ0) is 18.4. The molecule has 0 spiro atoms. The highest BCUT2D eigenvalue weighted by atomic mass is 32.1. The van der Waals surface area contributed by atoms with Gasteiger partial charge in [0, 0.05) is 11.4 Å². The molecule has 0 atom stereocenters. The van der Waals surface area contributed by atoms with Gasteiger partial charge in [-0.3, -0.25) is 4.79 Å². The van der Waals surface area contributed by atoms with Crippen molar-refractivity contribution >= 4 is 23.2 Å². The molecule has 1 aromatic heterocycles. The monoisotopic (exact) mass is 373 g/mol. The Hall–Kier alpha value is -2.34. The zero-order valence-corrected chi connectivity index (χ0v) is 15.7. The second-order valence-electron chi connectivity index (χ2n) is 6.32. The maximum atomic E-state index is 12.2. The van der Waals surface area contributed by atoms with Crippen LogP contribution >= 0.6 is 11.3 Å². The minimum Gasteiger partial charge on any atom is -0.497 e. The quantitative estimate of drug-likeness (QED) is 0.622. The molecule has 0 radical (unpaired) electrons. The molecule has 1 aliphatic carbocycles. The first-order valence-electron chi connectivity index (χ1n) is 8.84. The van der Waals surface area contributed by atoms with E-state index >= 15 is 0 Å². The Morgan fingerprint density at radius 3 is 2.65 bits per heavy atom. The first kappa shape index (κ1) is 18.5. The zero-order valence-electron chi connectivity index (χ0n) is 14.9. The van der Waals surface area contributed by atoms with Crippen molar-refractivity contribution in [1.29, 1.82) is 0 Å². The number of thiophene rings is 1. The summed E-state index contributed by atoms with van der Waals surface area (Å²) in [5.74, 6) is 0.0401. The van der Waals surface area contributed by atoms with Gasteiger partial charge in [-0.15, -0.1) is 11.3 Å². The summed E-state index contributed by atoms with van der Waals surface area (Å²) in [5.41, 5.74) is 2.22. The van der Waals surface area contributed by atoms with Crippen LogP contribution in [0.4, 0.5) is 0 Å². The number of ether oxygens (including phenoxy) is 2. The predicted octanol–water partition coefficient (Wildman–Crippen LogP) is 3.50. The molecule has 1 aromatic carbocycles. The Balaban J connectivity index is 1.45. The third-order valence-corrected chi connectivity index (χ3v) is 5.65. The fourth-order valence-corrected chi connectivity index (χ4v) is 4.11. The van der Waals surface area contributed by atoms with E-state index in [0.29, 0.717) is 11.4 Å². The molecule has 0 saturated carbocycles. The van der Waals surface area contributed by atoms with Gasteiger partial charge in [0.15, 0.2) is 6.61 Å². The van der Waals surface area contributed by atoms with Gasteiger partial charge in [-0.25, -0.2) is 4.79 Å². The van der Waals surface area contributed by atoms with Gasteiger partial charge in [-0.1, -0.05) is 18.6 Å². The van der Waals surface area contributed by atoms with Crippen LogP contribution in [0.5, 0.6) is 5.75 Å². The van der Waals surface area contributed by atoms with Gasteiger partial charge in [0.25, 0.3) is 5.91 Å². The molecule has 1 amide bonds. The number of carbonyl (C=O) groups excluding carboxylic acids is 2. The Morgan fingerprint density at radius 2 is 1.88 bits per heavy atom. The molecule has 26 heavy (non-hydrogen) atoms. The number of fused-ring (bicyclic) bond motifs is 1. The number of carbonyl (C=O) groups is 2. The van der Waals surface area contributed by atoms with Gasteiger partial charge >= 0.3 is 5.97 Å². The average molecular weight is 373 g/mol. The second-order valence-corrected chi connectivity index (χ2v) is 7.46. The number of aryl methyl sites for hydroxylation is 2. The molecule has 1 N–H and O–H groups in total. The standard InChI is InChI=1S/C20H23NO4S/c1-24-16-9-7-14(8-10-16)12-21-19(22)13-25-20(23)18-11-15-5-3-2-4-6-17(15)26-18/h7-11H,2-6,12-13H2,1H3,(H,21,22). The molecular formula is C20H23NO4S. The van der Waals surface area contributed by atoms with Crippen LogP contribution in [-0.4, -0.2) is 25.6 Å². The van der Waals surface area contributed by atoms with Crippen molar-refractivity contribution in [3.8, 4) is 5.75 Å². The van der Waals surface area contributed by atoms with E-state index in [1.807, 2.05) is 30.3 Å². The molecule has 5 nitrogen and oxygen atoms in total. The van der Waals surface area contributed by atoms with Crippen LogP contribution in [0, 0.1) is 0 Å². The van der Waals surface area contributed by atoms with E-state index in [0.717, 1.165) is 24.2 Å². The normalized spacial score (nSPS) is 13.4. The fourth-order valence-electron chi connectivity index (χ4n) is 2.97. The van der Waals surface area contributed by atoms with E-state index in [9.17, 15) is 9.59 Å². The Morgan fingerprint density at radius 1 is 1.12 bits per heavy atom. The van der Waals surface area contributed by atoms with E-state index in [-0.39, 0.29) is 12.5 Å². The van der Waals surface area contributed by atoms with Crippen molar-refractivity contribution < 1.29 is 19.1 Å². The van der Waals surface area contributed by atoms with Gasteiger partial charge in [0.2, 0.25) is 0 Å². The molecule has 0 unspecified atom stereocenters. The number of benzene rings is 1. The van der Waals surface area contributed by atoms with Crippen LogP contribution in [-0.2, 0) is 28.9 Å². The van der Waals surface area contributed by atoms with Crippen molar-refractivity contribution in [3.63, 3.8) is 0 Å². The number of hydrogen-bond acceptors (Lipinski definition) is 5. The van der Waals surface area contributed by atoms with Crippen LogP contribution in [0.3, 0.4) is 0 Å². The molecular weight excluding hydrogens is 350 g/mol. The van der Waals surface area contributed by atoms with Crippen molar-refractivity contribution in [2.24, 2.45) is 0 Å². The largest absolute Gasteiger partial charge is 0.497 e. The Labute approximate surface area is 157 Å². The van der Waals surface area contributed by atoms with Crippen molar-refractivity contribution in [2.45, 2.75) is 38.6 Å². The summed E-state index contributed by atoms with van der Waals surface area (Å²) in [6, 6.07) is 9.36. The van der Waals surface area contributed by atoms with Crippen LogP contribution in [0.2, 0.25) is 0 Å². The van der Waals surface area contributed by atoms with E-state index in [2.05, 4.69) is 5.32 Å². The Kier molecular flexibility index (Phi) is 6.28. The maximum Gasteiger partial charge on any atom is 0.348 e. The van der Waals surface area contributed by atoms with Gasteiger partial charge in [0.1, 0.15) is 10.6 Å². The fraction of sp³-hybridized carbons (Fsp3) is 0.400. The van der Waals surface area contributed by atoms with Gasteiger partial charge in [-0.05, 0) is 55.0 Å². The first-order valence-corrected chi connectivity index (χ1v) is 9.65. The molecule has 0 aliphatic heterocycles. The summed E-state index contributed by atoms with van der Waals surface area (Å²) in [7, 11) is 1.61. The molecule has 3 rings (SSSR count). The number of esters is 1. The van der Waals surface area contributed by atoms with Gasteiger partial charge < -0.3 is 14.8 Å². The minimum absolute atomic E-state index is 0.266. The molecule has 1 heterocycles. The highest BCUT2D eigenvalue weighted by Crippen LogP contribution is 2.29. The van der Waals surface area contributed by atoms with Crippen LogP contribution in [0.25, 0.3) is 0 Å². The lowest BCUT2D eigenvalue weighted by Crippen LogP contribution is -2.28. The second kappa shape index (κ2) is 8.85. The van der Waals surface area contributed by atoms with Crippen molar-refractivity contribution in [1.82, 2.24) is 5.32 Å². The van der Waals surface area contributed by atoms with Crippen LogP contribution in [0.1, 0.15) is 44.9 Å². The third-order valence-electron chi connectivity index (χ3n) is 4.43. The molecule has 2 aromatic rings. The van der Waals surface area contributed by atoms with Crippen molar-refractivity contribution in [3.05, 3.63) is 51.2 Å². The molecule has 0 bridgehead atoms. The summed E-state index contributed by atoms with van der Waals surface area (Å²) in [6.07, 6.45) is 5.66. The van der Waals surface area contributed by atoms with Crippen LogP contribution < -0.4 is 10.1 Å². The van der Waals surface area contributed by atoms with Gasteiger partial charge in [0.05, 0.1) is 7.11 Å². The van der Waals surface area contributed by atoms with E-state index in [1.165, 1.54) is 41.0 Å². The maximum absolute atomic E-state index is 12.2. The number of amides is 1.